The fraction of sp³-hybridized carbons (Fsp3) is 0.538. The maximum absolute atomic E-state index is 13.8. The summed E-state index contributed by atoms with van der Waals surface area (Å²) in [7, 11) is -2.19. The second-order valence-electron chi connectivity index (χ2n) is 10.4. The maximum Gasteiger partial charge on any atom is 0.305 e. The van der Waals surface area contributed by atoms with Crippen LogP contribution in [0.3, 0.4) is 0 Å². The maximum atomic E-state index is 13.8. The van der Waals surface area contributed by atoms with Crippen molar-refractivity contribution >= 4 is 27.6 Å². The van der Waals surface area contributed by atoms with Crippen LogP contribution >= 0.6 is 0 Å². The molecule has 0 amide bonds. The quantitative estimate of drug-likeness (QED) is 0.544. The van der Waals surface area contributed by atoms with Crippen LogP contribution in [0.15, 0.2) is 47.0 Å². The summed E-state index contributed by atoms with van der Waals surface area (Å²) in [6, 6.07) is 5.91. The smallest absolute Gasteiger partial charge is 0.305 e. The van der Waals surface area contributed by atoms with E-state index in [1.807, 2.05) is 32.9 Å². The molecule has 1 aromatic rings. The van der Waals surface area contributed by atoms with Gasteiger partial charge in [0.05, 0.1) is 36.1 Å². The van der Waals surface area contributed by atoms with Crippen molar-refractivity contribution in [3.05, 3.63) is 53.4 Å². The number of hydrogen-bond donors (Lipinski definition) is 2. The van der Waals surface area contributed by atoms with E-state index in [1.54, 1.807) is 26.0 Å². The second-order valence-corrected chi connectivity index (χ2v) is 12.4. The topological polar surface area (TPSA) is 118 Å². The van der Waals surface area contributed by atoms with Crippen molar-refractivity contribution < 1.29 is 32.2 Å². The highest BCUT2D eigenvalue weighted by atomic mass is 32.2. The Morgan fingerprint density at radius 1 is 1.27 bits per heavy atom. The number of nitrogens with zero attached hydrogens (tertiary/aromatic N) is 2. The molecule has 1 fully saturated rings. The van der Waals surface area contributed by atoms with Crippen molar-refractivity contribution in [1.29, 1.82) is 0 Å². The van der Waals surface area contributed by atoms with Crippen molar-refractivity contribution in [3.8, 4) is 0 Å². The minimum Gasteiger partial charge on any atom is -0.481 e. The van der Waals surface area contributed by atoms with Crippen molar-refractivity contribution in [2.75, 3.05) is 13.3 Å². The van der Waals surface area contributed by atoms with E-state index >= 15 is 0 Å². The summed E-state index contributed by atoms with van der Waals surface area (Å²) in [6.07, 6.45) is 4.07. The average Bonchev–Trinajstić information content (AvgIpc) is 2.75. The molecule has 3 atom stereocenters. The van der Waals surface area contributed by atoms with E-state index < -0.39 is 45.3 Å². The summed E-state index contributed by atoms with van der Waals surface area (Å²) < 4.78 is 51.3. The van der Waals surface area contributed by atoms with Crippen LogP contribution < -0.4 is 5.32 Å². The van der Waals surface area contributed by atoms with Gasteiger partial charge in [-0.05, 0) is 56.5 Å². The molecular weight excluding hydrogens is 501 g/mol. The lowest BCUT2D eigenvalue weighted by Gasteiger charge is -2.41. The lowest BCUT2D eigenvalue weighted by atomic mass is 9.78. The Hall–Kier alpha value is -2.76. The number of aliphatic carboxylic acids is 1. The van der Waals surface area contributed by atoms with Gasteiger partial charge in [0, 0.05) is 19.0 Å². The number of benzene rings is 1. The normalized spacial score (nSPS) is 26.2. The first-order valence-electron chi connectivity index (χ1n) is 12.1. The summed E-state index contributed by atoms with van der Waals surface area (Å²) in [6.45, 7) is 9.37. The van der Waals surface area contributed by atoms with Gasteiger partial charge in [-0.25, -0.2) is 22.1 Å². The zero-order valence-electron chi connectivity index (χ0n) is 22.3. The molecule has 2 aliphatic rings. The number of carbonyl (C=O) groups is 1. The number of hydrogen-bond acceptors (Lipinski definition) is 7. The van der Waals surface area contributed by atoms with E-state index in [0.717, 1.165) is 16.1 Å². The summed E-state index contributed by atoms with van der Waals surface area (Å²) >= 11 is 0. The minimum atomic E-state index is -3.61. The Morgan fingerprint density at radius 2 is 1.89 bits per heavy atom. The van der Waals surface area contributed by atoms with E-state index in [4.69, 9.17) is 14.5 Å². The zero-order chi connectivity index (χ0) is 27.8. The number of aliphatic imine (C=N–C) groups is 1. The molecule has 0 bridgehead atoms. The van der Waals surface area contributed by atoms with Crippen LogP contribution in [0.4, 0.5) is 4.39 Å². The number of ether oxygens (including phenoxy) is 2. The summed E-state index contributed by atoms with van der Waals surface area (Å²) in [5.74, 6) is -2.22. The molecule has 0 aromatic heterocycles. The third-order valence-corrected chi connectivity index (χ3v) is 7.87. The number of guanidine groups is 1. The molecule has 2 N–H and O–H groups in total. The van der Waals surface area contributed by atoms with Gasteiger partial charge in [0.15, 0.2) is 5.79 Å². The molecule has 1 saturated heterocycles. The average molecular weight is 538 g/mol. The highest BCUT2D eigenvalue weighted by molar-refractivity contribution is 7.88. The van der Waals surface area contributed by atoms with Gasteiger partial charge >= 0.3 is 5.97 Å². The van der Waals surface area contributed by atoms with E-state index in [0.29, 0.717) is 17.7 Å². The van der Waals surface area contributed by atoms with Gasteiger partial charge in [0.2, 0.25) is 16.0 Å². The molecule has 0 radical (unpaired) electrons. The van der Waals surface area contributed by atoms with Crippen molar-refractivity contribution in [2.45, 2.75) is 71.0 Å². The first kappa shape index (κ1) is 28.8. The Labute approximate surface area is 218 Å². The number of sulfonamides is 1. The van der Waals surface area contributed by atoms with Crippen LogP contribution in [-0.4, -0.2) is 66.6 Å². The van der Waals surface area contributed by atoms with Gasteiger partial charge in [0.25, 0.3) is 0 Å². The Balaban J connectivity index is 2.11. The standard InChI is InChI=1S/C26H36FN3O6S/c1-16(2)26(5)21(13-12-19-14-20(15-22(31)32)36-25(3,4)35-19)23(17-8-10-18(27)11-9-17)28-24(29-26)30(6)37(7,33)34/h8-13,16,19-20H,14-15H2,1-7H3,(H,28,29)(H,31,32)/b13-12+/t19-,20-,26?/m1/s1. The van der Waals surface area contributed by atoms with Gasteiger partial charge in [-0.15, -0.1) is 0 Å². The third-order valence-electron chi connectivity index (χ3n) is 6.70. The molecule has 0 saturated carbocycles. The molecule has 37 heavy (non-hydrogen) atoms. The van der Waals surface area contributed by atoms with E-state index in [2.05, 4.69) is 5.32 Å². The van der Waals surface area contributed by atoms with Crippen LogP contribution in [0.5, 0.6) is 0 Å². The van der Waals surface area contributed by atoms with Crippen LogP contribution in [0.2, 0.25) is 0 Å². The number of nitrogens with one attached hydrogen (secondary N) is 1. The molecule has 0 spiro atoms. The predicted octanol–water partition coefficient (Wildman–Crippen LogP) is 3.74. The molecule has 11 heteroatoms. The Morgan fingerprint density at radius 3 is 2.43 bits per heavy atom. The fourth-order valence-corrected chi connectivity index (χ4v) is 4.77. The lowest BCUT2D eigenvalue weighted by Crippen LogP contribution is -2.49. The van der Waals surface area contributed by atoms with Crippen molar-refractivity contribution in [1.82, 2.24) is 9.62 Å². The van der Waals surface area contributed by atoms with Gasteiger partial charge in [-0.2, -0.15) is 0 Å². The van der Waals surface area contributed by atoms with Crippen molar-refractivity contribution in [2.24, 2.45) is 10.9 Å². The zero-order valence-corrected chi connectivity index (χ0v) is 23.1. The molecule has 0 aliphatic carbocycles. The lowest BCUT2D eigenvalue weighted by molar-refractivity contribution is -0.290. The molecule has 9 nitrogen and oxygen atoms in total. The molecule has 1 unspecified atom stereocenters. The largest absolute Gasteiger partial charge is 0.481 e. The Bertz CT molecular complexity index is 1220. The van der Waals surface area contributed by atoms with Crippen LogP contribution in [0.1, 0.15) is 53.0 Å². The first-order chi connectivity index (χ1) is 17.0. The second kappa shape index (κ2) is 10.5. The van der Waals surface area contributed by atoms with E-state index in [-0.39, 0.29) is 18.3 Å². The molecule has 1 aromatic carbocycles. The van der Waals surface area contributed by atoms with Gasteiger partial charge < -0.3 is 19.9 Å². The monoisotopic (exact) mass is 537 g/mol. The van der Waals surface area contributed by atoms with Crippen molar-refractivity contribution in [3.63, 3.8) is 0 Å². The number of halogens is 1. The van der Waals surface area contributed by atoms with Gasteiger partial charge in [0.1, 0.15) is 5.82 Å². The number of rotatable bonds is 7. The van der Waals surface area contributed by atoms with Crippen LogP contribution in [0.25, 0.3) is 5.70 Å². The SMILES string of the molecule is CC(C)C1(C)N=C(N(C)S(C)(=O)=O)NC(c2ccc(F)cc2)=C1/C=C/[C@@H]1C[C@H](CC(=O)O)OC(C)(C)O1. The highest BCUT2D eigenvalue weighted by Crippen LogP contribution is 2.39. The molecule has 2 heterocycles. The summed E-state index contributed by atoms with van der Waals surface area (Å²) in [5, 5.41) is 12.4. The van der Waals surface area contributed by atoms with E-state index in [1.165, 1.54) is 19.2 Å². The number of carboxylic acids is 1. The van der Waals surface area contributed by atoms with Crippen LogP contribution in [-0.2, 0) is 24.3 Å². The van der Waals surface area contributed by atoms with Gasteiger partial charge in [-0.1, -0.05) is 26.0 Å². The predicted molar refractivity (Wildman–Crippen MR) is 140 cm³/mol. The van der Waals surface area contributed by atoms with Crippen LogP contribution in [0, 0.1) is 11.7 Å². The minimum absolute atomic E-state index is 0.0561. The fourth-order valence-electron chi connectivity index (χ4n) is 4.37. The summed E-state index contributed by atoms with van der Waals surface area (Å²) in [5.41, 5.74) is 1.13. The third kappa shape index (κ3) is 6.77. The Kier molecular flexibility index (Phi) is 8.21. The summed E-state index contributed by atoms with van der Waals surface area (Å²) in [4.78, 5) is 16.1. The molecule has 2 aliphatic heterocycles. The highest BCUT2D eigenvalue weighted by Gasteiger charge is 2.40. The molecule has 3 rings (SSSR count). The molecule has 204 valence electrons. The van der Waals surface area contributed by atoms with E-state index in [9.17, 15) is 22.7 Å². The first-order valence-corrected chi connectivity index (χ1v) is 13.9. The molecular formula is C26H36FN3O6S. The number of carboxylic acid groups (broad SMARTS) is 1. The van der Waals surface area contributed by atoms with Gasteiger partial charge in [-0.3, -0.25) is 4.79 Å².